The van der Waals surface area contributed by atoms with E-state index in [4.69, 9.17) is 14.2 Å². The Kier molecular flexibility index (Phi) is 53.5. The molecule has 0 saturated heterocycles. The molecule has 6 nitrogen and oxygen atoms in total. The van der Waals surface area contributed by atoms with Crippen molar-refractivity contribution in [1.29, 1.82) is 0 Å². The van der Waals surface area contributed by atoms with Crippen LogP contribution in [0.2, 0.25) is 0 Å². The summed E-state index contributed by atoms with van der Waals surface area (Å²) in [6, 6.07) is 0. The third-order valence-corrected chi connectivity index (χ3v) is 14.6. The maximum Gasteiger partial charge on any atom is 0.306 e. The van der Waals surface area contributed by atoms with Gasteiger partial charge in [0.25, 0.3) is 0 Å². The van der Waals surface area contributed by atoms with E-state index in [1.807, 2.05) is 0 Å². The highest BCUT2D eigenvalue weighted by Gasteiger charge is 2.19. The summed E-state index contributed by atoms with van der Waals surface area (Å²) in [4.78, 5) is 38.2. The lowest BCUT2D eigenvalue weighted by Crippen LogP contribution is -2.30. The Labute approximate surface area is 425 Å². The van der Waals surface area contributed by atoms with Crippen LogP contribution in [0, 0.1) is 11.8 Å². The molecule has 0 aromatic heterocycles. The first-order valence-corrected chi connectivity index (χ1v) is 30.8. The summed E-state index contributed by atoms with van der Waals surface area (Å²) < 4.78 is 16.9. The van der Waals surface area contributed by atoms with Crippen LogP contribution in [0.15, 0.2) is 0 Å². The maximum absolute atomic E-state index is 12.9. The van der Waals surface area contributed by atoms with Gasteiger partial charge in [0, 0.05) is 19.3 Å². The zero-order valence-electron chi connectivity index (χ0n) is 46.7. The third-order valence-electron chi connectivity index (χ3n) is 14.6. The zero-order chi connectivity index (χ0) is 49.6. The minimum Gasteiger partial charge on any atom is -0.462 e. The fraction of sp³-hybridized carbons (Fsp3) is 0.952. The molecule has 0 aliphatic heterocycles. The Balaban J connectivity index is 4.26. The van der Waals surface area contributed by atoms with Gasteiger partial charge in [0.1, 0.15) is 13.2 Å². The molecule has 0 N–H and O–H groups in total. The first-order chi connectivity index (χ1) is 33.3. The summed E-state index contributed by atoms with van der Waals surface area (Å²) in [5.41, 5.74) is 0. The highest BCUT2D eigenvalue weighted by atomic mass is 16.6. The van der Waals surface area contributed by atoms with Crippen molar-refractivity contribution in [1.82, 2.24) is 0 Å². The summed E-state index contributed by atoms with van der Waals surface area (Å²) >= 11 is 0. The minimum absolute atomic E-state index is 0.0621. The molecule has 0 saturated carbocycles. The third kappa shape index (κ3) is 53.8. The van der Waals surface area contributed by atoms with Crippen LogP contribution in [-0.2, 0) is 28.6 Å². The Bertz CT molecular complexity index is 1040. The van der Waals surface area contributed by atoms with Gasteiger partial charge < -0.3 is 14.2 Å². The van der Waals surface area contributed by atoms with Crippen molar-refractivity contribution in [2.75, 3.05) is 13.2 Å². The van der Waals surface area contributed by atoms with Crippen molar-refractivity contribution in [3.63, 3.8) is 0 Å². The molecular formula is C62H120O6. The second kappa shape index (κ2) is 54.7. The fourth-order valence-electron chi connectivity index (χ4n) is 9.55. The van der Waals surface area contributed by atoms with E-state index in [1.165, 1.54) is 238 Å². The van der Waals surface area contributed by atoms with Crippen LogP contribution in [0.1, 0.15) is 349 Å². The van der Waals surface area contributed by atoms with Crippen LogP contribution in [0.25, 0.3) is 0 Å². The van der Waals surface area contributed by atoms with Crippen molar-refractivity contribution in [2.45, 2.75) is 355 Å². The number of carbonyl (C=O) groups is 3. The molecule has 0 spiro atoms. The van der Waals surface area contributed by atoms with Crippen molar-refractivity contribution in [2.24, 2.45) is 11.8 Å². The summed E-state index contributed by atoms with van der Waals surface area (Å²) in [6.07, 6.45) is 59.5. The molecule has 6 heteroatoms. The van der Waals surface area contributed by atoms with E-state index >= 15 is 0 Å². The molecule has 0 radical (unpaired) electrons. The molecule has 0 amide bonds. The van der Waals surface area contributed by atoms with Crippen molar-refractivity contribution in [3.05, 3.63) is 0 Å². The molecule has 0 rings (SSSR count). The Hall–Kier alpha value is -1.59. The van der Waals surface area contributed by atoms with Gasteiger partial charge in [-0.3, -0.25) is 14.4 Å². The van der Waals surface area contributed by atoms with E-state index in [0.29, 0.717) is 19.3 Å². The number of ether oxygens (including phenoxy) is 3. The molecule has 404 valence electrons. The SMILES string of the molecule is CCCCCCCCCCCCCCCC(=O)O[C@@H](COC(=O)CCCCCCCCCCCCCCCCCCC(C)C)COC(=O)CCCCCCCCCCCCCCCCC(C)CC. The van der Waals surface area contributed by atoms with E-state index in [9.17, 15) is 14.4 Å². The summed E-state index contributed by atoms with van der Waals surface area (Å²) in [6.45, 7) is 11.5. The van der Waals surface area contributed by atoms with E-state index in [1.54, 1.807) is 0 Å². The van der Waals surface area contributed by atoms with Crippen LogP contribution < -0.4 is 0 Å². The number of esters is 3. The van der Waals surface area contributed by atoms with E-state index in [2.05, 4.69) is 34.6 Å². The summed E-state index contributed by atoms with van der Waals surface area (Å²) in [5, 5.41) is 0. The van der Waals surface area contributed by atoms with E-state index in [0.717, 1.165) is 69.6 Å². The summed E-state index contributed by atoms with van der Waals surface area (Å²) in [7, 11) is 0. The maximum atomic E-state index is 12.9. The van der Waals surface area contributed by atoms with Crippen LogP contribution in [0.5, 0.6) is 0 Å². The molecule has 0 aliphatic rings. The topological polar surface area (TPSA) is 78.9 Å². The van der Waals surface area contributed by atoms with E-state index in [-0.39, 0.29) is 31.1 Å². The molecule has 68 heavy (non-hydrogen) atoms. The molecule has 1 unspecified atom stereocenters. The van der Waals surface area contributed by atoms with Gasteiger partial charge in [-0.2, -0.15) is 0 Å². The minimum atomic E-state index is -0.763. The lowest BCUT2D eigenvalue weighted by atomic mass is 9.99. The number of rotatable bonds is 56. The van der Waals surface area contributed by atoms with Crippen LogP contribution in [0.4, 0.5) is 0 Å². The van der Waals surface area contributed by atoms with Crippen LogP contribution in [-0.4, -0.2) is 37.2 Å². The number of hydrogen-bond acceptors (Lipinski definition) is 6. The molecule has 0 aromatic rings. The normalized spacial score (nSPS) is 12.4. The van der Waals surface area contributed by atoms with Crippen LogP contribution >= 0.6 is 0 Å². The predicted molar refractivity (Wildman–Crippen MR) is 293 cm³/mol. The van der Waals surface area contributed by atoms with Gasteiger partial charge in [-0.25, -0.2) is 0 Å². The Morgan fingerprint density at radius 3 is 0.838 bits per heavy atom. The Morgan fingerprint density at radius 1 is 0.309 bits per heavy atom. The van der Waals surface area contributed by atoms with Gasteiger partial charge in [0.15, 0.2) is 6.10 Å². The highest BCUT2D eigenvalue weighted by Crippen LogP contribution is 2.19. The molecule has 2 atom stereocenters. The quantitative estimate of drug-likeness (QED) is 0.0343. The fourth-order valence-corrected chi connectivity index (χ4v) is 9.55. The highest BCUT2D eigenvalue weighted by molar-refractivity contribution is 5.71. The lowest BCUT2D eigenvalue weighted by Gasteiger charge is -2.18. The standard InChI is InChI=1S/C62H120O6/c1-6-8-9-10-11-12-13-20-29-34-39-44-49-54-62(65)68-59(56-67-61(64)53-48-43-38-33-28-24-19-18-22-26-31-36-41-46-51-58(5)7-2)55-66-60(63)52-47-42-37-32-27-23-17-15-14-16-21-25-30-35-40-45-50-57(3)4/h57-59H,6-56H2,1-5H3/t58?,59-/m0/s1. The smallest absolute Gasteiger partial charge is 0.306 e. The second-order valence-corrected chi connectivity index (χ2v) is 22.1. The van der Waals surface area contributed by atoms with Gasteiger partial charge in [-0.05, 0) is 31.1 Å². The molecule has 0 heterocycles. The first kappa shape index (κ1) is 66.4. The lowest BCUT2D eigenvalue weighted by molar-refractivity contribution is -0.167. The molecular weight excluding hydrogens is 841 g/mol. The molecule has 0 fully saturated rings. The number of hydrogen-bond donors (Lipinski definition) is 0. The number of unbranched alkanes of at least 4 members (excludes halogenated alkanes) is 40. The monoisotopic (exact) mass is 961 g/mol. The van der Waals surface area contributed by atoms with E-state index < -0.39 is 6.10 Å². The average molecular weight is 962 g/mol. The van der Waals surface area contributed by atoms with Crippen molar-refractivity contribution >= 4 is 17.9 Å². The summed E-state index contributed by atoms with van der Waals surface area (Å²) in [5.74, 6) is 0.915. The predicted octanol–water partition coefficient (Wildman–Crippen LogP) is 20.4. The van der Waals surface area contributed by atoms with Crippen LogP contribution in [0.3, 0.4) is 0 Å². The zero-order valence-corrected chi connectivity index (χ0v) is 46.7. The average Bonchev–Trinajstić information content (AvgIpc) is 3.32. The molecule has 0 aliphatic carbocycles. The van der Waals surface area contributed by atoms with Gasteiger partial charge in [0.2, 0.25) is 0 Å². The largest absolute Gasteiger partial charge is 0.462 e. The first-order valence-electron chi connectivity index (χ1n) is 30.8. The molecule has 0 aromatic carbocycles. The van der Waals surface area contributed by atoms with Crippen molar-refractivity contribution < 1.29 is 28.6 Å². The van der Waals surface area contributed by atoms with Gasteiger partial charge in [-0.1, -0.05) is 311 Å². The Morgan fingerprint density at radius 2 is 0.559 bits per heavy atom. The van der Waals surface area contributed by atoms with Gasteiger partial charge in [-0.15, -0.1) is 0 Å². The molecule has 0 bridgehead atoms. The van der Waals surface area contributed by atoms with Crippen molar-refractivity contribution in [3.8, 4) is 0 Å². The van der Waals surface area contributed by atoms with Gasteiger partial charge in [0.05, 0.1) is 0 Å². The second-order valence-electron chi connectivity index (χ2n) is 22.1. The van der Waals surface area contributed by atoms with Gasteiger partial charge >= 0.3 is 17.9 Å². The number of carbonyl (C=O) groups excluding carboxylic acids is 3.